The van der Waals surface area contributed by atoms with Gasteiger partial charge in [0.05, 0.1) is 6.10 Å². The molecular weight excluding hydrogens is 226 g/mol. The predicted molar refractivity (Wildman–Crippen MR) is 63.6 cm³/mol. The minimum atomic E-state index is -0.247. The van der Waals surface area contributed by atoms with Gasteiger partial charge < -0.3 is 10.4 Å². The minimum absolute atomic E-state index is 0.120. The van der Waals surface area contributed by atoms with E-state index in [1.165, 1.54) is 0 Å². The fourth-order valence-corrected chi connectivity index (χ4v) is 2.16. The maximum absolute atomic E-state index is 9.63. The summed E-state index contributed by atoms with van der Waals surface area (Å²) in [5, 5.41) is 13.4. The van der Waals surface area contributed by atoms with E-state index in [1.807, 2.05) is 13.8 Å². The Morgan fingerprint density at radius 2 is 2.19 bits per heavy atom. The van der Waals surface area contributed by atoms with Crippen molar-refractivity contribution in [3.05, 3.63) is 17.0 Å². The number of aliphatic hydroxyl groups is 1. The van der Waals surface area contributed by atoms with Crippen molar-refractivity contribution in [1.29, 1.82) is 0 Å². The average Bonchev–Trinajstić information content (AvgIpc) is 2.15. The number of nitrogens with zero attached hydrogens (tertiary/aromatic N) is 2. The van der Waals surface area contributed by atoms with Crippen LogP contribution < -0.4 is 5.32 Å². The maximum Gasteiger partial charge on any atom is 0.134 e. The standard InChI is InChI=1S/C11H16ClN3O/c1-6-13-9(12)5-10(14-6)15-7-4-8(16)11(7,2)3/h5,7-8,16H,4H2,1-3H3,(H,13,14,15). The van der Waals surface area contributed by atoms with E-state index in [1.54, 1.807) is 13.0 Å². The van der Waals surface area contributed by atoms with Crippen LogP contribution in [-0.2, 0) is 0 Å². The first-order valence-electron chi connectivity index (χ1n) is 5.35. The molecular formula is C11H16ClN3O. The summed E-state index contributed by atoms with van der Waals surface area (Å²) in [7, 11) is 0. The number of aliphatic hydroxyl groups excluding tert-OH is 1. The van der Waals surface area contributed by atoms with Gasteiger partial charge in [-0.25, -0.2) is 9.97 Å². The van der Waals surface area contributed by atoms with E-state index in [4.69, 9.17) is 11.6 Å². The second kappa shape index (κ2) is 3.86. The van der Waals surface area contributed by atoms with Crippen molar-refractivity contribution < 1.29 is 5.11 Å². The van der Waals surface area contributed by atoms with Gasteiger partial charge in [-0.15, -0.1) is 0 Å². The number of rotatable bonds is 2. The number of hydrogen-bond donors (Lipinski definition) is 2. The third kappa shape index (κ3) is 1.99. The second-order valence-corrected chi connectivity index (χ2v) is 5.28. The van der Waals surface area contributed by atoms with Gasteiger partial charge in [0.2, 0.25) is 0 Å². The van der Waals surface area contributed by atoms with Gasteiger partial charge in [-0.05, 0) is 13.3 Å². The molecule has 1 heterocycles. The summed E-state index contributed by atoms with van der Waals surface area (Å²) in [6, 6.07) is 1.93. The molecule has 88 valence electrons. The van der Waals surface area contributed by atoms with Gasteiger partial charge in [-0.1, -0.05) is 25.4 Å². The van der Waals surface area contributed by atoms with Crippen molar-refractivity contribution in [1.82, 2.24) is 9.97 Å². The normalized spacial score (nSPS) is 27.3. The molecule has 1 fully saturated rings. The van der Waals surface area contributed by atoms with Crippen LogP contribution in [0.15, 0.2) is 6.07 Å². The molecule has 5 heteroatoms. The molecule has 2 atom stereocenters. The smallest absolute Gasteiger partial charge is 0.134 e. The zero-order valence-electron chi connectivity index (χ0n) is 9.66. The van der Waals surface area contributed by atoms with E-state index in [0.29, 0.717) is 11.0 Å². The van der Waals surface area contributed by atoms with Crippen LogP contribution in [0.1, 0.15) is 26.1 Å². The van der Waals surface area contributed by atoms with E-state index < -0.39 is 0 Å². The number of anilines is 1. The molecule has 0 spiro atoms. The van der Waals surface area contributed by atoms with Crippen LogP contribution >= 0.6 is 11.6 Å². The molecule has 0 bridgehead atoms. The van der Waals surface area contributed by atoms with Crippen LogP contribution in [0.5, 0.6) is 0 Å². The van der Waals surface area contributed by atoms with Crippen molar-refractivity contribution in [3.63, 3.8) is 0 Å². The summed E-state index contributed by atoms with van der Waals surface area (Å²) >= 11 is 5.85. The van der Waals surface area contributed by atoms with Crippen molar-refractivity contribution in [2.24, 2.45) is 5.41 Å². The highest BCUT2D eigenvalue weighted by atomic mass is 35.5. The lowest BCUT2D eigenvalue weighted by atomic mass is 9.64. The lowest BCUT2D eigenvalue weighted by Crippen LogP contribution is -2.57. The molecule has 1 saturated carbocycles. The lowest BCUT2D eigenvalue weighted by molar-refractivity contribution is -0.0511. The lowest BCUT2D eigenvalue weighted by Gasteiger charge is -2.49. The van der Waals surface area contributed by atoms with E-state index in [0.717, 1.165) is 12.2 Å². The van der Waals surface area contributed by atoms with Crippen molar-refractivity contribution in [2.45, 2.75) is 39.3 Å². The quantitative estimate of drug-likeness (QED) is 0.778. The number of halogens is 1. The molecule has 4 nitrogen and oxygen atoms in total. The number of nitrogens with one attached hydrogen (secondary N) is 1. The van der Waals surface area contributed by atoms with Crippen LogP contribution in [0, 0.1) is 12.3 Å². The zero-order chi connectivity index (χ0) is 11.9. The van der Waals surface area contributed by atoms with Gasteiger partial charge in [-0.3, -0.25) is 0 Å². The average molecular weight is 242 g/mol. The monoisotopic (exact) mass is 241 g/mol. The molecule has 1 aromatic heterocycles. The Bertz CT molecular complexity index is 388. The van der Waals surface area contributed by atoms with Crippen LogP contribution in [0.25, 0.3) is 0 Å². The first kappa shape index (κ1) is 11.6. The molecule has 1 aromatic rings. The summed E-state index contributed by atoms with van der Waals surface area (Å²) in [5.74, 6) is 1.37. The molecule has 0 radical (unpaired) electrons. The van der Waals surface area contributed by atoms with Crippen molar-refractivity contribution >= 4 is 17.4 Å². The SMILES string of the molecule is Cc1nc(Cl)cc(NC2CC(O)C2(C)C)n1. The first-order valence-corrected chi connectivity index (χ1v) is 5.73. The molecule has 0 aromatic carbocycles. The third-order valence-electron chi connectivity index (χ3n) is 3.34. The highest BCUT2D eigenvalue weighted by molar-refractivity contribution is 6.29. The Morgan fingerprint density at radius 3 is 2.69 bits per heavy atom. The summed E-state index contributed by atoms with van der Waals surface area (Å²) < 4.78 is 0. The molecule has 0 aliphatic heterocycles. The van der Waals surface area contributed by atoms with Crippen LogP contribution in [-0.4, -0.2) is 27.2 Å². The highest BCUT2D eigenvalue weighted by Crippen LogP contribution is 2.42. The summed E-state index contributed by atoms with van der Waals surface area (Å²) in [5.41, 5.74) is -0.120. The van der Waals surface area contributed by atoms with E-state index >= 15 is 0 Å². The molecule has 2 rings (SSSR count). The minimum Gasteiger partial charge on any atom is -0.392 e. The van der Waals surface area contributed by atoms with E-state index in [9.17, 15) is 5.11 Å². The molecule has 2 N–H and O–H groups in total. The third-order valence-corrected chi connectivity index (χ3v) is 3.54. The Balaban J connectivity index is 2.11. The second-order valence-electron chi connectivity index (χ2n) is 4.89. The van der Waals surface area contributed by atoms with Crippen molar-refractivity contribution in [2.75, 3.05) is 5.32 Å². The first-order chi connectivity index (χ1) is 7.39. The van der Waals surface area contributed by atoms with E-state index in [-0.39, 0.29) is 17.6 Å². The van der Waals surface area contributed by atoms with Gasteiger partial charge in [0, 0.05) is 17.5 Å². The van der Waals surface area contributed by atoms with Crippen LogP contribution in [0.2, 0.25) is 5.15 Å². The zero-order valence-corrected chi connectivity index (χ0v) is 10.4. The van der Waals surface area contributed by atoms with Crippen LogP contribution in [0.3, 0.4) is 0 Å². The van der Waals surface area contributed by atoms with Gasteiger partial charge in [0.25, 0.3) is 0 Å². The topological polar surface area (TPSA) is 58.0 Å². The molecule has 16 heavy (non-hydrogen) atoms. The fourth-order valence-electron chi connectivity index (χ4n) is 1.93. The molecule has 1 aliphatic rings. The summed E-state index contributed by atoms with van der Waals surface area (Å²) in [4.78, 5) is 8.26. The van der Waals surface area contributed by atoms with Crippen LogP contribution in [0.4, 0.5) is 5.82 Å². The summed E-state index contributed by atoms with van der Waals surface area (Å²) in [6.45, 7) is 5.88. The van der Waals surface area contributed by atoms with Crippen molar-refractivity contribution in [3.8, 4) is 0 Å². The Morgan fingerprint density at radius 1 is 1.50 bits per heavy atom. The largest absolute Gasteiger partial charge is 0.392 e. The highest BCUT2D eigenvalue weighted by Gasteiger charge is 2.47. The Kier molecular flexibility index (Phi) is 2.80. The van der Waals surface area contributed by atoms with Gasteiger partial charge in [0.15, 0.2) is 0 Å². The van der Waals surface area contributed by atoms with Gasteiger partial charge in [0.1, 0.15) is 16.8 Å². The number of aromatic nitrogens is 2. The predicted octanol–water partition coefficient (Wildman–Crippen LogP) is 2.01. The number of aryl methyl sites for hydroxylation is 1. The molecule has 2 unspecified atom stereocenters. The fraction of sp³-hybridized carbons (Fsp3) is 0.636. The molecule has 0 saturated heterocycles. The summed E-state index contributed by atoms with van der Waals surface area (Å²) in [6.07, 6.45) is 0.497. The molecule has 1 aliphatic carbocycles. The van der Waals surface area contributed by atoms with Gasteiger partial charge in [-0.2, -0.15) is 0 Å². The van der Waals surface area contributed by atoms with E-state index in [2.05, 4.69) is 15.3 Å². The van der Waals surface area contributed by atoms with Gasteiger partial charge >= 0.3 is 0 Å². The Hall–Kier alpha value is -0.870. The molecule has 0 amide bonds. The number of hydrogen-bond acceptors (Lipinski definition) is 4. The maximum atomic E-state index is 9.63. The Labute approximate surface area is 100 Å².